The third-order valence-electron chi connectivity index (χ3n) is 4.16. The molecule has 0 spiro atoms. The van der Waals surface area contributed by atoms with Crippen molar-refractivity contribution in [2.24, 2.45) is 0 Å². The topological polar surface area (TPSA) is 32.3 Å². The van der Waals surface area contributed by atoms with Crippen molar-refractivity contribution in [3.63, 3.8) is 0 Å². The van der Waals surface area contributed by atoms with Gasteiger partial charge in [-0.05, 0) is 26.3 Å². The maximum Gasteiger partial charge on any atom is 0.239 e. The first kappa shape index (κ1) is 16.5. The molecule has 0 aliphatic carbocycles. The average Bonchev–Trinajstić information content (AvgIpc) is 2.43. The number of likely N-dealkylation sites (N-methyl/N-ethyl adjacent to an activating group) is 1. The molecule has 1 aliphatic rings. The van der Waals surface area contributed by atoms with Crippen LogP contribution in [0.1, 0.15) is 71.1 Å². The predicted molar refractivity (Wildman–Crippen MR) is 81.3 cm³/mol. The zero-order valence-corrected chi connectivity index (χ0v) is 12.9. The van der Waals surface area contributed by atoms with Crippen LogP contribution >= 0.6 is 0 Å². The molecule has 0 saturated carbocycles. The van der Waals surface area contributed by atoms with Crippen molar-refractivity contribution in [2.75, 3.05) is 20.1 Å². The van der Waals surface area contributed by atoms with E-state index in [1.165, 1.54) is 51.4 Å². The van der Waals surface area contributed by atoms with Gasteiger partial charge in [-0.3, -0.25) is 4.79 Å². The summed E-state index contributed by atoms with van der Waals surface area (Å²) in [5.74, 6) is 0.316. The molecule has 1 fully saturated rings. The smallest absolute Gasteiger partial charge is 0.239 e. The maximum absolute atomic E-state index is 12.1. The lowest BCUT2D eigenvalue weighted by Gasteiger charge is -2.32. The number of nitrogens with zero attached hydrogens (tertiary/aromatic N) is 1. The molecule has 0 aromatic heterocycles. The number of rotatable bonds is 10. The fourth-order valence-electron chi connectivity index (χ4n) is 2.87. The molecule has 1 heterocycles. The second kappa shape index (κ2) is 10.2. The van der Waals surface area contributed by atoms with E-state index in [9.17, 15) is 4.79 Å². The Morgan fingerprint density at radius 3 is 2.37 bits per heavy atom. The van der Waals surface area contributed by atoms with Crippen LogP contribution in [0, 0.1) is 0 Å². The van der Waals surface area contributed by atoms with Crippen molar-refractivity contribution in [3.8, 4) is 0 Å². The molecule has 1 amide bonds. The molecule has 3 nitrogen and oxygen atoms in total. The average molecular weight is 268 g/mol. The number of hydrogen-bond donors (Lipinski definition) is 1. The van der Waals surface area contributed by atoms with Crippen molar-refractivity contribution < 1.29 is 4.79 Å². The Hall–Kier alpha value is -0.570. The van der Waals surface area contributed by atoms with Crippen LogP contribution in [-0.2, 0) is 4.79 Å². The highest BCUT2D eigenvalue weighted by Crippen LogP contribution is 2.13. The lowest BCUT2D eigenvalue weighted by molar-refractivity contribution is -0.135. The molecule has 0 bridgehead atoms. The van der Waals surface area contributed by atoms with E-state index in [0.29, 0.717) is 5.91 Å². The number of likely N-dealkylation sites (tertiary alicyclic amines) is 1. The summed E-state index contributed by atoms with van der Waals surface area (Å²) >= 11 is 0. The fraction of sp³-hybridized carbons (Fsp3) is 0.938. The van der Waals surface area contributed by atoms with Gasteiger partial charge in [0.15, 0.2) is 0 Å². The third kappa shape index (κ3) is 6.42. The molecule has 3 heteroatoms. The summed E-state index contributed by atoms with van der Waals surface area (Å²) in [4.78, 5) is 14.1. The summed E-state index contributed by atoms with van der Waals surface area (Å²) in [5, 5.41) is 3.12. The highest BCUT2D eigenvalue weighted by atomic mass is 16.2. The van der Waals surface area contributed by atoms with Gasteiger partial charge in [0.1, 0.15) is 0 Å². The quantitative estimate of drug-likeness (QED) is 0.616. The number of unbranched alkanes of at least 4 members (excludes halogenated alkanes) is 7. The molecule has 1 aliphatic heterocycles. The van der Waals surface area contributed by atoms with E-state index in [1.807, 2.05) is 7.05 Å². The Balaban J connectivity index is 2.01. The minimum Gasteiger partial charge on any atom is -0.341 e. The van der Waals surface area contributed by atoms with E-state index in [1.54, 1.807) is 0 Å². The Bertz CT molecular complexity index is 243. The van der Waals surface area contributed by atoms with Gasteiger partial charge >= 0.3 is 0 Å². The first-order chi connectivity index (χ1) is 9.29. The molecule has 0 aromatic rings. The van der Waals surface area contributed by atoms with E-state index in [2.05, 4.69) is 17.1 Å². The summed E-state index contributed by atoms with van der Waals surface area (Å²) in [7, 11) is 1.89. The maximum atomic E-state index is 12.1. The molecule has 19 heavy (non-hydrogen) atoms. The molecule has 112 valence electrons. The third-order valence-corrected chi connectivity index (χ3v) is 4.16. The number of carbonyl (C=O) groups excluding carboxylic acids is 1. The highest BCUT2D eigenvalue weighted by molar-refractivity contribution is 5.82. The van der Waals surface area contributed by atoms with Gasteiger partial charge in [0.2, 0.25) is 5.91 Å². The molecule has 0 radical (unpaired) electrons. The lowest BCUT2D eigenvalue weighted by atomic mass is 10.0. The van der Waals surface area contributed by atoms with Gasteiger partial charge in [0.05, 0.1) is 6.04 Å². The summed E-state index contributed by atoms with van der Waals surface area (Å²) < 4.78 is 0. The summed E-state index contributed by atoms with van der Waals surface area (Å²) in [5.41, 5.74) is 0. The molecule has 1 rings (SSSR count). The number of carbonyl (C=O) groups is 1. The van der Waals surface area contributed by atoms with Gasteiger partial charge in [0.25, 0.3) is 0 Å². The molecular formula is C16H32N2O. The molecular weight excluding hydrogens is 236 g/mol. The standard InChI is InChI=1S/C16H32N2O/c1-3-4-5-6-7-8-9-10-13-18-14-11-12-15(17-2)16(18)19/h15,17H,3-14H2,1-2H3. The van der Waals surface area contributed by atoms with Crippen LogP contribution in [0.5, 0.6) is 0 Å². The molecule has 1 saturated heterocycles. The largest absolute Gasteiger partial charge is 0.341 e. The van der Waals surface area contributed by atoms with Crippen LogP contribution in [0.15, 0.2) is 0 Å². The van der Waals surface area contributed by atoms with Crippen molar-refractivity contribution in [1.82, 2.24) is 10.2 Å². The van der Waals surface area contributed by atoms with E-state index in [0.717, 1.165) is 25.9 Å². The van der Waals surface area contributed by atoms with Gasteiger partial charge in [-0.25, -0.2) is 0 Å². The number of piperidine rings is 1. The van der Waals surface area contributed by atoms with Crippen molar-refractivity contribution >= 4 is 5.91 Å². The Labute approximate surface area is 119 Å². The molecule has 1 atom stereocenters. The normalized spacial score (nSPS) is 20.0. The van der Waals surface area contributed by atoms with E-state index < -0.39 is 0 Å². The van der Waals surface area contributed by atoms with E-state index >= 15 is 0 Å². The molecule has 1 unspecified atom stereocenters. The van der Waals surface area contributed by atoms with Gasteiger partial charge in [-0.15, -0.1) is 0 Å². The van der Waals surface area contributed by atoms with Gasteiger partial charge in [-0.1, -0.05) is 51.9 Å². The van der Waals surface area contributed by atoms with Crippen molar-refractivity contribution in [2.45, 2.75) is 77.2 Å². The Kier molecular flexibility index (Phi) is 8.89. The van der Waals surface area contributed by atoms with Crippen LogP contribution in [0.3, 0.4) is 0 Å². The summed E-state index contributed by atoms with van der Waals surface area (Å²) in [6.07, 6.45) is 12.8. The highest BCUT2D eigenvalue weighted by Gasteiger charge is 2.26. The van der Waals surface area contributed by atoms with Crippen molar-refractivity contribution in [1.29, 1.82) is 0 Å². The Morgan fingerprint density at radius 2 is 1.74 bits per heavy atom. The molecule has 0 aromatic carbocycles. The van der Waals surface area contributed by atoms with Crippen LogP contribution in [0.2, 0.25) is 0 Å². The van der Waals surface area contributed by atoms with Crippen LogP contribution in [0.25, 0.3) is 0 Å². The van der Waals surface area contributed by atoms with Crippen LogP contribution in [0.4, 0.5) is 0 Å². The fourth-order valence-corrected chi connectivity index (χ4v) is 2.87. The number of amides is 1. The first-order valence-corrected chi connectivity index (χ1v) is 8.25. The predicted octanol–water partition coefficient (Wildman–Crippen LogP) is 3.34. The minimum atomic E-state index is 0.0720. The molecule has 1 N–H and O–H groups in total. The number of nitrogens with one attached hydrogen (secondary N) is 1. The monoisotopic (exact) mass is 268 g/mol. The zero-order valence-electron chi connectivity index (χ0n) is 12.9. The van der Waals surface area contributed by atoms with Crippen molar-refractivity contribution in [3.05, 3.63) is 0 Å². The zero-order chi connectivity index (χ0) is 13.9. The second-order valence-corrected chi connectivity index (χ2v) is 5.78. The number of hydrogen-bond acceptors (Lipinski definition) is 2. The van der Waals surface area contributed by atoms with Crippen LogP contribution < -0.4 is 5.32 Å². The summed E-state index contributed by atoms with van der Waals surface area (Å²) in [6, 6.07) is 0.0720. The lowest BCUT2D eigenvalue weighted by Crippen LogP contribution is -2.49. The Morgan fingerprint density at radius 1 is 1.11 bits per heavy atom. The summed E-state index contributed by atoms with van der Waals surface area (Å²) in [6.45, 7) is 4.19. The van der Waals surface area contributed by atoms with Gasteiger partial charge in [0, 0.05) is 13.1 Å². The van der Waals surface area contributed by atoms with Crippen LogP contribution in [-0.4, -0.2) is 37.0 Å². The minimum absolute atomic E-state index is 0.0720. The SMILES string of the molecule is CCCCCCCCCCN1CCCC(NC)C1=O. The van der Waals surface area contributed by atoms with E-state index in [-0.39, 0.29) is 6.04 Å². The van der Waals surface area contributed by atoms with Gasteiger partial charge < -0.3 is 10.2 Å². The van der Waals surface area contributed by atoms with E-state index in [4.69, 9.17) is 0 Å². The second-order valence-electron chi connectivity index (χ2n) is 5.78. The van der Waals surface area contributed by atoms with Gasteiger partial charge in [-0.2, -0.15) is 0 Å². The first-order valence-electron chi connectivity index (χ1n) is 8.25.